The third kappa shape index (κ3) is 2.90. The van der Waals surface area contributed by atoms with Gasteiger partial charge in [-0.05, 0) is 31.5 Å². The van der Waals surface area contributed by atoms with E-state index in [1.165, 1.54) is 10.9 Å². The van der Waals surface area contributed by atoms with Crippen molar-refractivity contribution in [2.75, 3.05) is 13.2 Å². The Morgan fingerprint density at radius 2 is 2.14 bits per heavy atom. The summed E-state index contributed by atoms with van der Waals surface area (Å²) >= 11 is 0. The maximum absolute atomic E-state index is 12.1. The lowest BCUT2D eigenvalue weighted by Crippen LogP contribution is -2.31. The normalized spacial score (nSPS) is 17.2. The number of H-pyrrole nitrogens is 1. The van der Waals surface area contributed by atoms with Crippen molar-refractivity contribution in [1.29, 1.82) is 0 Å². The van der Waals surface area contributed by atoms with Gasteiger partial charge in [0, 0.05) is 23.0 Å². The molecule has 1 unspecified atom stereocenters. The van der Waals surface area contributed by atoms with Crippen LogP contribution in [0.3, 0.4) is 0 Å². The maximum Gasteiger partial charge on any atom is 0.313 e. The average molecular weight is 300 g/mol. The van der Waals surface area contributed by atoms with Crippen LogP contribution in [0.25, 0.3) is 10.9 Å². The summed E-state index contributed by atoms with van der Waals surface area (Å²) in [6, 6.07) is 8.12. The zero-order valence-electron chi connectivity index (χ0n) is 12.6. The summed E-state index contributed by atoms with van der Waals surface area (Å²) < 4.78 is 4.83. The number of para-hydroxylation sites is 1. The molecule has 1 aromatic carbocycles. The zero-order chi connectivity index (χ0) is 15.5. The lowest BCUT2D eigenvalue weighted by Gasteiger charge is -2.23. The maximum atomic E-state index is 12.1. The van der Waals surface area contributed by atoms with Gasteiger partial charge in [0.2, 0.25) is 0 Å². The average Bonchev–Trinajstić information content (AvgIpc) is 2.87. The quantitative estimate of drug-likeness (QED) is 0.656. The van der Waals surface area contributed by atoms with Crippen LogP contribution in [-0.2, 0) is 20.7 Å². The van der Waals surface area contributed by atoms with E-state index in [2.05, 4.69) is 16.4 Å². The van der Waals surface area contributed by atoms with E-state index >= 15 is 0 Å². The first-order valence-electron chi connectivity index (χ1n) is 7.69. The highest BCUT2D eigenvalue weighted by Crippen LogP contribution is 2.31. The second kappa shape index (κ2) is 6.32. The van der Waals surface area contributed by atoms with E-state index in [0.717, 1.165) is 24.2 Å². The lowest BCUT2D eigenvalue weighted by molar-refractivity contribution is -0.145. The highest BCUT2D eigenvalue weighted by molar-refractivity contribution is 5.96. The number of Topliss-reactive ketones (excluding diaryl/α,β-unsaturated/α-hetero) is 1. The predicted molar refractivity (Wildman–Crippen MR) is 83.6 cm³/mol. The topological polar surface area (TPSA) is 71.2 Å². The molecule has 116 valence electrons. The fourth-order valence-corrected chi connectivity index (χ4v) is 3.11. The molecular formula is C17H20N2O3. The second-order valence-corrected chi connectivity index (χ2v) is 5.54. The SMILES string of the molecule is CCOC(=O)CC(=O)CC1NCCc2c1[nH]c1ccccc21. The van der Waals surface area contributed by atoms with Crippen LogP contribution < -0.4 is 5.32 Å². The molecule has 5 heteroatoms. The number of esters is 1. The summed E-state index contributed by atoms with van der Waals surface area (Å²) in [5.41, 5.74) is 3.45. The van der Waals surface area contributed by atoms with Crippen molar-refractivity contribution in [3.63, 3.8) is 0 Å². The largest absolute Gasteiger partial charge is 0.466 e. The van der Waals surface area contributed by atoms with Crippen molar-refractivity contribution < 1.29 is 14.3 Å². The fraction of sp³-hybridized carbons (Fsp3) is 0.412. The van der Waals surface area contributed by atoms with Crippen LogP contribution in [0, 0.1) is 0 Å². The summed E-state index contributed by atoms with van der Waals surface area (Å²) in [6.07, 6.45) is 1.10. The number of carbonyl (C=O) groups excluding carboxylic acids is 2. The molecule has 0 aliphatic carbocycles. The molecule has 0 spiro atoms. The molecule has 2 aromatic rings. The van der Waals surface area contributed by atoms with Crippen LogP contribution in [0.1, 0.15) is 37.1 Å². The van der Waals surface area contributed by atoms with Crippen molar-refractivity contribution in [1.82, 2.24) is 10.3 Å². The number of ketones is 1. The summed E-state index contributed by atoms with van der Waals surface area (Å²) in [5, 5.41) is 4.59. The molecule has 1 atom stereocenters. The van der Waals surface area contributed by atoms with Crippen LogP contribution in [0.5, 0.6) is 0 Å². The van der Waals surface area contributed by atoms with Crippen molar-refractivity contribution >= 4 is 22.7 Å². The van der Waals surface area contributed by atoms with E-state index in [1.807, 2.05) is 18.2 Å². The molecule has 0 saturated heterocycles. The number of benzene rings is 1. The predicted octanol–water partition coefficient (Wildman–Crippen LogP) is 2.27. The minimum absolute atomic E-state index is 0.0573. The van der Waals surface area contributed by atoms with Gasteiger partial charge in [0.25, 0.3) is 0 Å². The van der Waals surface area contributed by atoms with Gasteiger partial charge in [0.1, 0.15) is 12.2 Å². The highest BCUT2D eigenvalue weighted by atomic mass is 16.5. The van der Waals surface area contributed by atoms with Crippen molar-refractivity contribution in [2.45, 2.75) is 32.2 Å². The summed E-state index contributed by atoms with van der Waals surface area (Å²) in [5.74, 6) is -0.539. The molecule has 1 aromatic heterocycles. The van der Waals surface area contributed by atoms with Gasteiger partial charge < -0.3 is 15.0 Å². The van der Waals surface area contributed by atoms with Crippen LogP contribution in [0.15, 0.2) is 24.3 Å². The Hall–Kier alpha value is -2.14. The minimum atomic E-state index is -0.444. The number of ether oxygens (including phenoxy) is 1. The number of carbonyl (C=O) groups is 2. The molecule has 0 saturated carbocycles. The van der Waals surface area contributed by atoms with Gasteiger partial charge in [-0.15, -0.1) is 0 Å². The number of aromatic amines is 1. The Morgan fingerprint density at radius 3 is 2.95 bits per heavy atom. The minimum Gasteiger partial charge on any atom is -0.466 e. The Bertz CT molecular complexity index is 705. The molecule has 1 aliphatic heterocycles. The Balaban J connectivity index is 1.77. The fourth-order valence-electron chi connectivity index (χ4n) is 3.11. The molecule has 0 fully saturated rings. The third-order valence-electron chi connectivity index (χ3n) is 4.04. The first kappa shape index (κ1) is 14.8. The van der Waals surface area contributed by atoms with Crippen molar-refractivity contribution in [2.24, 2.45) is 0 Å². The molecule has 22 heavy (non-hydrogen) atoms. The molecule has 2 N–H and O–H groups in total. The smallest absolute Gasteiger partial charge is 0.313 e. The molecule has 0 radical (unpaired) electrons. The lowest BCUT2D eigenvalue weighted by atomic mass is 9.95. The molecule has 5 nitrogen and oxygen atoms in total. The summed E-state index contributed by atoms with van der Waals surface area (Å²) in [6.45, 7) is 2.88. The van der Waals surface area contributed by atoms with Crippen LogP contribution in [0.2, 0.25) is 0 Å². The van der Waals surface area contributed by atoms with Gasteiger partial charge in [0.15, 0.2) is 0 Å². The van der Waals surface area contributed by atoms with Gasteiger partial charge in [-0.1, -0.05) is 18.2 Å². The molecule has 1 aliphatic rings. The molecule has 0 amide bonds. The van der Waals surface area contributed by atoms with Gasteiger partial charge in [-0.2, -0.15) is 0 Å². The van der Waals surface area contributed by atoms with Gasteiger partial charge in [-0.25, -0.2) is 0 Å². The standard InChI is InChI=1S/C17H20N2O3/c1-2-22-16(21)10-11(20)9-15-17-13(7-8-18-15)12-5-3-4-6-14(12)19-17/h3-6,15,18-19H,2,7-10H2,1H3. The van der Waals surface area contributed by atoms with Crippen LogP contribution in [0.4, 0.5) is 0 Å². The molecule has 0 bridgehead atoms. The number of rotatable bonds is 5. The number of nitrogens with one attached hydrogen (secondary N) is 2. The first-order valence-corrected chi connectivity index (χ1v) is 7.69. The molecule has 3 rings (SSSR count). The number of hydrogen-bond acceptors (Lipinski definition) is 4. The van der Waals surface area contributed by atoms with E-state index in [0.29, 0.717) is 13.0 Å². The molecule has 2 heterocycles. The van der Waals surface area contributed by atoms with Crippen molar-refractivity contribution in [3.05, 3.63) is 35.5 Å². The van der Waals surface area contributed by atoms with Crippen LogP contribution in [-0.4, -0.2) is 29.9 Å². The van der Waals surface area contributed by atoms with E-state index < -0.39 is 5.97 Å². The first-order chi connectivity index (χ1) is 10.7. The highest BCUT2D eigenvalue weighted by Gasteiger charge is 2.26. The molecular weight excluding hydrogens is 280 g/mol. The number of fused-ring (bicyclic) bond motifs is 3. The Kier molecular flexibility index (Phi) is 4.24. The zero-order valence-corrected chi connectivity index (χ0v) is 12.6. The van der Waals surface area contributed by atoms with E-state index in [-0.39, 0.29) is 18.2 Å². The van der Waals surface area contributed by atoms with Gasteiger partial charge >= 0.3 is 5.97 Å². The number of hydrogen-bond donors (Lipinski definition) is 2. The Labute approximate surface area is 129 Å². The Morgan fingerprint density at radius 1 is 1.32 bits per heavy atom. The van der Waals surface area contributed by atoms with Gasteiger partial charge in [-0.3, -0.25) is 9.59 Å². The van der Waals surface area contributed by atoms with E-state index in [1.54, 1.807) is 6.92 Å². The van der Waals surface area contributed by atoms with Crippen molar-refractivity contribution in [3.8, 4) is 0 Å². The number of aromatic nitrogens is 1. The van der Waals surface area contributed by atoms with Crippen LogP contribution >= 0.6 is 0 Å². The third-order valence-corrected chi connectivity index (χ3v) is 4.04. The van der Waals surface area contributed by atoms with E-state index in [4.69, 9.17) is 4.74 Å². The monoisotopic (exact) mass is 300 g/mol. The van der Waals surface area contributed by atoms with E-state index in [9.17, 15) is 9.59 Å². The summed E-state index contributed by atoms with van der Waals surface area (Å²) in [7, 11) is 0. The van der Waals surface area contributed by atoms with Gasteiger partial charge in [0.05, 0.1) is 12.6 Å². The second-order valence-electron chi connectivity index (χ2n) is 5.54. The summed E-state index contributed by atoms with van der Waals surface area (Å²) in [4.78, 5) is 26.9.